The molecule has 0 aliphatic carbocycles. The van der Waals surface area contributed by atoms with Gasteiger partial charge in [0.15, 0.2) is 0 Å². The number of aromatic nitrogens is 5. The summed E-state index contributed by atoms with van der Waals surface area (Å²) in [6.07, 6.45) is 1.60. The molecule has 0 spiro atoms. The van der Waals surface area contributed by atoms with Gasteiger partial charge in [-0.2, -0.15) is 0 Å². The summed E-state index contributed by atoms with van der Waals surface area (Å²) in [5, 5.41) is 10.6. The minimum Gasteiger partial charge on any atom is -0.293 e. The first-order valence-electron chi connectivity index (χ1n) is 6.10. The second-order valence-corrected chi connectivity index (χ2v) is 4.31. The van der Waals surface area contributed by atoms with Crippen LogP contribution < -0.4 is 5.32 Å². The van der Waals surface area contributed by atoms with Gasteiger partial charge >= 0.3 is 0 Å². The van der Waals surface area contributed by atoms with Crippen LogP contribution in [0, 0.1) is 6.92 Å². The minimum absolute atomic E-state index is 0.0673. The number of benzene rings is 1. The van der Waals surface area contributed by atoms with Crippen LogP contribution >= 0.6 is 0 Å². The standard InChI is InChI=1S/C13H12N6O/c1-9-6-7-14-13(15-9)16-12(20)8-19-11-5-3-2-4-10(11)17-18-19/h2-7H,8H2,1H3,(H,14,15,16,20). The van der Waals surface area contributed by atoms with Crippen LogP contribution in [0.3, 0.4) is 0 Å². The van der Waals surface area contributed by atoms with Gasteiger partial charge in [-0.3, -0.25) is 10.1 Å². The quantitative estimate of drug-likeness (QED) is 0.770. The monoisotopic (exact) mass is 268 g/mol. The number of carbonyl (C=O) groups is 1. The van der Waals surface area contributed by atoms with Crippen molar-refractivity contribution < 1.29 is 4.79 Å². The topological polar surface area (TPSA) is 85.6 Å². The van der Waals surface area contributed by atoms with E-state index in [1.54, 1.807) is 16.9 Å². The molecule has 3 rings (SSSR count). The third-order valence-corrected chi connectivity index (χ3v) is 2.76. The average molecular weight is 268 g/mol. The molecule has 0 unspecified atom stereocenters. The Kier molecular flexibility index (Phi) is 3.08. The molecule has 0 aliphatic rings. The Hall–Kier alpha value is -2.83. The van der Waals surface area contributed by atoms with Gasteiger partial charge in [0.1, 0.15) is 12.1 Å². The number of carbonyl (C=O) groups excluding carboxylic acids is 1. The van der Waals surface area contributed by atoms with Crippen molar-refractivity contribution in [3.8, 4) is 0 Å². The predicted molar refractivity (Wildman–Crippen MR) is 72.9 cm³/mol. The molecule has 100 valence electrons. The van der Waals surface area contributed by atoms with Crippen molar-refractivity contribution >= 4 is 22.9 Å². The van der Waals surface area contributed by atoms with Crippen molar-refractivity contribution in [2.45, 2.75) is 13.5 Å². The molecule has 2 aromatic heterocycles. The van der Waals surface area contributed by atoms with E-state index in [2.05, 4.69) is 25.6 Å². The molecule has 0 saturated carbocycles. The van der Waals surface area contributed by atoms with Crippen molar-refractivity contribution in [3.05, 3.63) is 42.2 Å². The summed E-state index contributed by atoms with van der Waals surface area (Å²) >= 11 is 0. The summed E-state index contributed by atoms with van der Waals surface area (Å²) in [7, 11) is 0. The third kappa shape index (κ3) is 2.46. The first-order valence-corrected chi connectivity index (χ1v) is 6.10. The Labute approximate surface area is 114 Å². The van der Waals surface area contributed by atoms with Gasteiger partial charge < -0.3 is 0 Å². The van der Waals surface area contributed by atoms with Crippen LogP contribution in [0.15, 0.2) is 36.5 Å². The Balaban J connectivity index is 1.76. The van der Waals surface area contributed by atoms with E-state index in [0.29, 0.717) is 5.95 Å². The van der Waals surface area contributed by atoms with E-state index in [1.807, 2.05) is 31.2 Å². The first-order chi connectivity index (χ1) is 9.72. The van der Waals surface area contributed by atoms with Crippen molar-refractivity contribution in [1.29, 1.82) is 0 Å². The van der Waals surface area contributed by atoms with E-state index < -0.39 is 0 Å². The summed E-state index contributed by atoms with van der Waals surface area (Å²) in [5.74, 6) is 0.0469. The normalized spacial score (nSPS) is 10.7. The lowest BCUT2D eigenvalue weighted by Crippen LogP contribution is -2.21. The molecule has 1 aromatic carbocycles. The van der Waals surface area contributed by atoms with Crippen LogP contribution in [0.4, 0.5) is 5.95 Å². The van der Waals surface area contributed by atoms with Crippen LogP contribution in [-0.2, 0) is 11.3 Å². The molecular formula is C13H12N6O. The van der Waals surface area contributed by atoms with Crippen molar-refractivity contribution in [2.75, 3.05) is 5.32 Å². The summed E-state index contributed by atoms with van der Waals surface area (Å²) in [4.78, 5) is 20.1. The van der Waals surface area contributed by atoms with Crippen molar-refractivity contribution in [3.63, 3.8) is 0 Å². The fraction of sp³-hybridized carbons (Fsp3) is 0.154. The van der Waals surface area contributed by atoms with Crippen LogP contribution in [-0.4, -0.2) is 30.9 Å². The van der Waals surface area contributed by atoms with E-state index in [-0.39, 0.29) is 12.5 Å². The third-order valence-electron chi connectivity index (χ3n) is 2.76. The van der Waals surface area contributed by atoms with E-state index >= 15 is 0 Å². The van der Waals surface area contributed by atoms with Crippen molar-refractivity contribution in [1.82, 2.24) is 25.0 Å². The Bertz CT molecular complexity index is 766. The summed E-state index contributed by atoms with van der Waals surface area (Å²) < 4.78 is 1.54. The van der Waals surface area contributed by atoms with Crippen LogP contribution in [0.5, 0.6) is 0 Å². The maximum absolute atomic E-state index is 12.0. The zero-order chi connectivity index (χ0) is 13.9. The van der Waals surface area contributed by atoms with Gasteiger partial charge in [-0.1, -0.05) is 17.3 Å². The summed E-state index contributed by atoms with van der Waals surface area (Å²) in [5.41, 5.74) is 2.36. The van der Waals surface area contributed by atoms with Gasteiger partial charge in [0, 0.05) is 11.9 Å². The number of aryl methyl sites for hydroxylation is 1. The molecule has 2 heterocycles. The van der Waals surface area contributed by atoms with Gasteiger partial charge in [0.2, 0.25) is 11.9 Å². The summed E-state index contributed by atoms with van der Waals surface area (Å²) in [6, 6.07) is 9.23. The van der Waals surface area contributed by atoms with Crippen LogP contribution in [0.25, 0.3) is 11.0 Å². The molecule has 1 N–H and O–H groups in total. The molecule has 0 atom stereocenters. The van der Waals surface area contributed by atoms with Crippen molar-refractivity contribution in [2.24, 2.45) is 0 Å². The lowest BCUT2D eigenvalue weighted by molar-refractivity contribution is -0.116. The number of hydrogen-bond acceptors (Lipinski definition) is 5. The lowest BCUT2D eigenvalue weighted by atomic mass is 10.3. The smallest absolute Gasteiger partial charge is 0.248 e. The number of para-hydroxylation sites is 1. The van der Waals surface area contributed by atoms with Gasteiger partial charge in [0.05, 0.1) is 5.52 Å². The number of rotatable bonds is 3. The second-order valence-electron chi connectivity index (χ2n) is 4.31. The summed E-state index contributed by atoms with van der Waals surface area (Å²) in [6.45, 7) is 1.90. The number of fused-ring (bicyclic) bond motifs is 1. The van der Waals surface area contributed by atoms with E-state index in [1.165, 1.54) is 0 Å². The Morgan fingerprint density at radius 2 is 2.15 bits per heavy atom. The average Bonchev–Trinajstić information content (AvgIpc) is 2.82. The van der Waals surface area contributed by atoms with Gasteiger partial charge in [0.25, 0.3) is 0 Å². The maximum Gasteiger partial charge on any atom is 0.248 e. The highest BCUT2D eigenvalue weighted by molar-refractivity contribution is 5.89. The lowest BCUT2D eigenvalue weighted by Gasteiger charge is -2.04. The molecule has 0 saturated heterocycles. The zero-order valence-electron chi connectivity index (χ0n) is 10.8. The molecule has 7 heteroatoms. The number of nitrogens with zero attached hydrogens (tertiary/aromatic N) is 5. The highest BCUT2D eigenvalue weighted by atomic mass is 16.2. The SMILES string of the molecule is Cc1ccnc(NC(=O)Cn2nnc3ccccc32)n1. The molecule has 7 nitrogen and oxygen atoms in total. The van der Waals surface area contributed by atoms with E-state index in [9.17, 15) is 4.79 Å². The minimum atomic E-state index is -0.244. The second kappa shape index (κ2) is 5.04. The highest BCUT2D eigenvalue weighted by Gasteiger charge is 2.09. The molecule has 0 fully saturated rings. The van der Waals surface area contributed by atoms with Gasteiger partial charge in [-0.25, -0.2) is 14.6 Å². The first kappa shape index (κ1) is 12.2. The number of amides is 1. The highest BCUT2D eigenvalue weighted by Crippen LogP contribution is 2.09. The van der Waals surface area contributed by atoms with Crippen LogP contribution in [0.1, 0.15) is 5.69 Å². The molecule has 0 aliphatic heterocycles. The fourth-order valence-corrected chi connectivity index (χ4v) is 1.84. The maximum atomic E-state index is 12.0. The Morgan fingerprint density at radius 1 is 1.30 bits per heavy atom. The van der Waals surface area contributed by atoms with E-state index in [0.717, 1.165) is 16.7 Å². The Morgan fingerprint density at radius 3 is 3.00 bits per heavy atom. The molecule has 0 radical (unpaired) electrons. The number of anilines is 1. The molecule has 0 bridgehead atoms. The molecule has 20 heavy (non-hydrogen) atoms. The van der Waals surface area contributed by atoms with E-state index in [4.69, 9.17) is 0 Å². The molecular weight excluding hydrogens is 256 g/mol. The van der Waals surface area contributed by atoms with Crippen LogP contribution in [0.2, 0.25) is 0 Å². The van der Waals surface area contributed by atoms with Gasteiger partial charge in [-0.15, -0.1) is 5.10 Å². The largest absolute Gasteiger partial charge is 0.293 e. The molecule has 3 aromatic rings. The fourth-order valence-electron chi connectivity index (χ4n) is 1.84. The van der Waals surface area contributed by atoms with Gasteiger partial charge in [-0.05, 0) is 25.1 Å². The number of nitrogens with one attached hydrogen (secondary N) is 1. The molecule has 1 amide bonds. The zero-order valence-corrected chi connectivity index (χ0v) is 10.8. The predicted octanol–water partition coefficient (Wildman–Crippen LogP) is 1.17. The number of hydrogen-bond donors (Lipinski definition) is 1.